The SMILES string of the molecule is COC(=O)c1ccc([C@H]2C(=C(O)c3ccc(C)c(F)c3)C(=O)C(=O)N2c2nnc(SCc3ccc(Cl)cc3Cl)s2)cc1. The number of aryl methyl sites for hydroxylation is 1. The second-order valence-electron chi connectivity index (χ2n) is 9.12. The van der Waals surface area contributed by atoms with Gasteiger partial charge in [-0.15, -0.1) is 10.2 Å². The van der Waals surface area contributed by atoms with Crippen molar-refractivity contribution in [2.24, 2.45) is 0 Å². The van der Waals surface area contributed by atoms with Crippen LogP contribution in [0.3, 0.4) is 0 Å². The fourth-order valence-corrected chi connectivity index (χ4v) is 6.72. The number of ether oxygens (including phenoxy) is 1. The lowest BCUT2D eigenvalue weighted by atomic mass is 9.94. The number of carbonyl (C=O) groups excluding carboxylic acids is 3. The molecule has 1 saturated heterocycles. The minimum atomic E-state index is -1.14. The van der Waals surface area contributed by atoms with Crippen LogP contribution < -0.4 is 4.90 Å². The van der Waals surface area contributed by atoms with Crippen molar-refractivity contribution < 1.29 is 28.6 Å². The Morgan fingerprint density at radius 3 is 2.45 bits per heavy atom. The zero-order valence-electron chi connectivity index (χ0n) is 21.9. The molecule has 1 aromatic heterocycles. The van der Waals surface area contributed by atoms with E-state index in [2.05, 4.69) is 10.2 Å². The number of Topliss-reactive ketones (excluding diaryl/α,β-unsaturated/α-hetero) is 1. The van der Waals surface area contributed by atoms with Crippen molar-refractivity contribution in [2.45, 2.75) is 23.1 Å². The van der Waals surface area contributed by atoms with E-state index in [-0.39, 0.29) is 21.8 Å². The molecule has 1 aliphatic heterocycles. The smallest absolute Gasteiger partial charge is 0.337 e. The molecule has 0 aliphatic carbocycles. The summed E-state index contributed by atoms with van der Waals surface area (Å²) in [7, 11) is 1.25. The Morgan fingerprint density at radius 2 is 1.79 bits per heavy atom. The summed E-state index contributed by atoms with van der Waals surface area (Å²) < 4.78 is 19.6. The molecule has 2 heterocycles. The van der Waals surface area contributed by atoms with Crippen LogP contribution in [0.5, 0.6) is 0 Å². The van der Waals surface area contributed by atoms with Gasteiger partial charge >= 0.3 is 11.9 Å². The van der Waals surface area contributed by atoms with E-state index in [1.165, 1.54) is 55.3 Å². The van der Waals surface area contributed by atoms with Crippen LogP contribution >= 0.6 is 46.3 Å². The van der Waals surface area contributed by atoms with Crippen molar-refractivity contribution in [3.8, 4) is 0 Å². The van der Waals surface area contributed by atoms with Gasteiger partial charge in [-0.25, -0.2) is 9.18 Å². The molecule has 0 spiro atoms. The van der Waals surface area contributed by atoms with E-state index < -0.39 is 35.3 Å². The molecule has 1 atom stereocenters. The Balaban J connectivity index is 1.55. The van der Waals surface area contributed by atoms with Crippen molar-refractivity contribution in [2.75, 3.05) is 12.0 Å². The van der Waals surface area contributed by atoms with Gasteiger partial charge in [0.25, 0.3) is 5.78 Å². The molecule has 5 rings (SSSR count). The lowest BCUT2D eigenvalue weighted by Crippen LogP contribution is -2.29. The molecule has 0 unspecified atom stereocenters. The minimum Gasteiger partial charge on any atom is -0.507 e. The van der Waals surface area contributed by atoms with Gasteiger partial charge in [0, 0.05) is 21.4 Å². The highest BCUT2D eigenvalue weighted by Gasteiger charge is 2.48. The zero-order valence-corrected chi connectivity index (χ0v) is 25.1. The molecule has 0 radical (unpaired) electrons. The Hall–Kier alpha value is -3.77. The molecule has 0 saturated carbocycles. The van der Waals surface area contributed by atoms with Crippen LogP contribution in [-0.4, -0.2) is 40.1 Å². The number of halogens is 3. The van der Waals surface area contributed by atoms with E-state index >= 15 is 0 Å². The standard InChI is InChI=1S/C29H20Cl2FN3O5S2/c1-14-3-4-17(11-21(14)32)24(36)22-23(15-5-7-16(8-6-15)27(39)40-2)35(26(38)25(22)37)28-33-34-29(42-28)41-13-18-9-10-19(30)12-20(18)31/h3-12,23,36H,13H2,1-2H3/t23-/m0/s1. The van der Waals surface area contributed by atoms with Crippen LogP contribution in [0.4, 0.5) is 9.52 Å². The fourth-order valence-electron chi connectivity index (χ4n) is 4.30. The van der Waals surface area contributed by atoms with E-state index in [1.807, 2.05) is 0 Å². The normalized spacial score (nSPS) is 16.2. The molecule has 0 bridgehead atoms. The van der Waals surface area contributed by atoms with E-state index in [0.717, 1.165) is 27.9 Å². The summed E-state index contributed by atoms with van der Waals surface area (Å²) in [4.78, 5) is 40.0. The number of carbonyl (C=O) groups is 3. The molecule has 1 aliphatic rings. The summed E-state index contributed by atoms with van der Waals surface area (Å²) in [6.45, 7) is 1.56. The van der Waals surface area contributed by atoms with Crippen molar-refractivity contribution in [3.63, 3.8) is 0 Å². The topological polar surface area (TPSA) is 110 Å². The molecule has 1 fully saturated rings. The number of methoxy groups -OCH3 is 1. The zero-order chi connectivity index (χ0) is 30.1. The van der Waals surface area contributed by atoms with Crippen LogP contribution in [-0.2, 0) is 20.1 Å². The first-order valence-electron chi connectivity index (χ1n) is 12.2. The number of benzene rings is 3. The number of anilines is 1. The lowest BCUT2D eigenvalue weighted by molar-refractivity contribution is -0.132. The van der Waals surface area contributed by atoms with Crippen molar-refractivity contribution >= 4 is 74.9 Å². The Morgan fingerprint density at radius 1 is 1.07 bits per heavy atom. The molecule has 214 valence electrons. The van der Waals surface area contributed by atoms with Gasteiger partial charge in [-0.2, -0.15) is 0 Å². The minimum absolute atomic E-state index is 0.0284. The van der Waals surface area contributed by atoms with E-state index in [0.29, 0.717) is 31.3 Å². The third-order valence-corrected chi connectivity index (χ3v) is 9.20. The lowest BCUT2D eigenvalue weighted by Gasteiger charge is -2.22. The third-order valence-electron chi connectivity index (χ3n) is 6.51. The molecule has 13 heteroatoms. The van der Waals surface area contributed by atoms with Crippen LogP contribution in [0.15, 0.2) is 70.6 Å². The second-order valence-corrected chi connectivity index (χ2v) is 12.1. The van der Waals surface area contributed by atoms with Gasteiger partial charge in [-0.05, 0) is 53.9 Å². The van der Waals surface area contributed by atoms with Gasteiger partial charge in [0.1, 0.15) is 11.6 Å². The van der Waals surface area contributed by atoms with Crippen molar-refractivity contribution in [3.05, 3.63) is 110 Å². The van der Waals surface area contributed by atoms with Crippen molar-refractivity contribution in [1.82, 2.24) is 10.2 Å². The maximum Gasteiger partial charge on any atom is 0.337 e. The number of aliphatic hydroxyl groups excluding tert-OH is 1. The average molecular weight is 645 g/mol. The van der Waals surface area contributed by atoms with Gasteiger partial charge in [0.05, 0.1) is 24.3 Å². The van der Waals surface area contributed by atoms with Crippen LogP contribution in [0.2, 0.25) is 10.0 Å². The number of hydrogen-bond donors (Lipinski definition) is 1. The second kappa shape index (κ2) is 12.2. The van der Waals surface area contributed by atoms with Gasteiger partial charge in [-0.3, -0.25) is 14.5 Å². The van der Waals surface area contributed by atoms with E-state index in [9.17, 15) is 23.9 Å². The molecule has 1 N–H and O–H groups in total. The molecule has 42 heavy (non-hydrogen) atoms. The molecule has 1 amide bonds. The number of amides is 1. The summed E-state index contributed by atoms with van der Waals surface area (Å²) in [6.07, 6.45) is 0. The highest BCUT2D eigenvalue weighted by atomic mass is 35.5. The first-order valence-corrected chi connectivity index (χ1v) is 14.8. The number of aromatic nitrogens is 2. The first kappa shape index (κ1) is 29.7. The summed E-state index contributed by atoms with van der Waals surface area (Å²) in [5.41, 5.74) is 1.58. The van der Waals surface area contributed by atoms with Crippen molar-refractivity contribution in [1.29, 1.82) is 0 Å². The van der Waals surface area contributed by atoms with Gasteiger partial charge in [0.2, 0.25) is 5.13 Å². The fraction of sp³-hybridized carbons (Fsp3) is 0.138. The Kier molecular flexibility index (Phi) is 8.65. The van der Waals surface area contributed by atoms with Crippen LogP contribution in [0, 0.1) is 12.7 Å². The number of hydrogen-bond acceptors (Lipinski definition) is 9. The van der Waals surface area contributed by atoms with Gasteiger partial charge < -0.3 is 9.84 Å². The average Bonchev–Trinajstić information content (AvgIpc) is 3.55. The molecule has 8 nitrogen and oxygen atoms in total. The number of nitrogens with zero attached hydrogens (tertiary/aromatic N) is 3. The number of rotatable bonds is 7. The predicted octanol–water partition coefficient (Wildman–Crippen LogP) is 7.00. The number of ketones is 1. The highest BCUT2D eigenvalue weighted by Crippen LogP contribution is 2.44. The third kappa shape index (κ3) is 5.78. The summed E-state index contributed by atoms with van der Waals surface area (Å²) in [5.74, 6) is -3.18. The van der Waals surface area contributed by atoms with Gasteiger partial charge in [-0.1, -0.05) is 76.6 Å². The Labute approximate surface area is 257 Å². The van der Waals surface area contributed by atoms with Crippen LogP contribution in [0.1, 0.15) is 38.7 Å². The van der Waals surface area contributed by atoms with Gasteiger partial charge in [0.15, 0.2) is 4.34 Å². The molecular weight excluding hydrogens is 624 g/mol. The molecule has 4 aromatic rings. The highest BCUT2D eigenvalue weighted by molar-refractivity contribution is 8.00. The summed E-state index contributed by atoms with van der Waals surface area (Å²) >= 11 is 14.7. The Bertz CT molecular complexity index is 1760. The van der Waals surface area contributed by atoms with Crippen LogP contribution in [0.25, 0.3) is 5.76 Å². The number of aliphatic hydroxyl groups is 1. The monoisotopic (exact) mass is 643 g/mol. The predicted molar refractivity (Wildman–Crippen MR) is 160 cm³/mol. The quantitative estimate of drug-likeness (QED) is 0.0572. The molecular formula is C29H20Cl2FN3O5S2. The molecule has 3 aromatic carbocycles. The number of thioether (sulfide) groups is 1. The van der Waals surface area contributed by atoms with E-state index in [1.54, 1.807) is 25.1 Å². The summed E-state index contributed by atoms with van der Waals surface area (Å²) in [5, 5.41) is 20.7. The maximum absolute atomic E-state index is 14.4. The number of esters is 1. The van der Waals surface area contributed by atoms with E-state index in [4.69, 9.17) is 27.9 Å². The first-order chi connectivity index (χ1) is 20.1. The maximum atomic E-state index is 14.4. The largest absolute Gasteiger partial charge is 0.507 e. The summed E-state index contributed by atoms with van der Waals surface area (Å²) in [6, 6.07) is 14.1.